The summed E-state index contributed by atoms with van der Waals surface area (Å²) in [4.78, 5) is 31.2. The number of likely N-dealkylation sites (tertiary alicyclic amines) is 1. The zero-order chi connectivity index (χ0) is 26.1. The van der Waals surface area contributed by atoms with E-state index in [-0.39, 0.29) is 30.1 Å². The normalized spacial score (nSPS) is 31.5. The van der Waals surface area contributed by atoms with Crippen molar-refractivity contribution in [3.8, 4) is 11.5 Å². The molecule has 1 amide bonds. The molecule has 1 aromatic heterocycles. The minimum atomic E-state index is -0.722. The van der Waals surface area contributed by atoms with Crippen LogP contribution in [-0.4, -0.2) is 73.2 Å². The molecule has 2 bridgehead atoms. The van der Waals surface area contributed by atoms with Crippen LogP contribution in [0.1, 0.15) is 42.2 Å². The molecule has 2 aliphatic carbocycles. The Morgan fingerprint density at radius 2 is 2.14 bits per heavy atom. The number of halogens is 1. The number of esters is 1. The van der Waals surface area contributed by atoms with E-state index in [4.69, 9.17) is 14.2 Å². The topological polar surface area (TPSA) is 68.3 Å². The number of carbonyl (C=O) groups is 2. The third-order valence-corrected chi connectivity index (χ3v) is 10.7. The molecule has 0 unspecified atom stereocenters. The first-order valence-electron chi connectivity index (χ1n) is 12.7. The zero-order valence-corrected chi connectivity index (χ0v) is 23.9. The van der Waals surface area contributed by atoms with Gasteiger partial charge in [-0.05, 0) is 79.0 Å². The molecule has 9 heteroatoms. The molecule has 2 aromatic rings. The average Bonchev–Trinajstić information content (AvgIpc) is 3.44. The highest BCUT2D eigenvalue weighted by Gasteiger charge is 2.75. The summed E-state index contributed by atoms with van der Waals surface area (Å²) >= 11 is 5.05. The van der Waals surface area contributed by atoms with Crippen LogP contribution in [0.5, 0.6) is 11.5 Å². The van der Waals surface area contributed by atoms with Gasteiger partial charge in [0.25, 0.3) is 0 Å². The second kappa shape index (κ2) is 8.85. The highest BCUT2D eigenvalue weighted by Crippen LogP contribution is 2.67. The lowest BCUT2D eigenvalue weighted by atomic mass is 9.48. The quantitative estimate of drug-likeness (QED) is 0.382. The highest BCUT2D eigenvalue weighted by molar-refractivity contribution is 9.10. The Morgan fingerprint density at radius 1 is 1.32 bits per heavy atom. The number of hydrogen-bond donors (Lipinski definition) is 0. The predicted octanol–water partition coefficient (Wildman–Crippen LogP) is 4.41. The van der Waals surface area contributed by atoms with Crippen LogP contribution in [-0.2, 0) is 26.2 Å². The molecule has 37 heavy (non-hydrogen) atoms. The van der Waals surface area contributed by atoms with Crippen LogP contribution in [0.4, 0.5) is 0 Å². The van der Waals surface area contributed by atoms with E-state index in [1.807, 2.05) is 35.5 Å². The number of carbonyl (C=O) groups excluding carboxylic acids is 2. The minimum Gasteiger partial charge on any atom is -0.493 e. The fraction of sp³-hybridized carbons (Fsp3) is 0.500. The van der Waals surface area contributed by atoms with Crippen LogP contribution in [0.3, 0.4) is 0 Å². The second-order valence-electron chi connectivity index (χ2n) is 10.6. The Hall–Kier alpha value is -2.36. The lowest BCUT2D eigenvalue weighted by molar-refractivity contribution is -0.220. The number of hydrogen-bond acceptors (Lipinski definition) is 7. The number of nitrogens with zero attached hydrogens (tertiary/aromatic N) is 2. The number of methoxy groups -OCH3 is 1. The van der Waals surface area contributed by atoms with E-state index in [1.165, 1.54) is 12.5 Å². The summed E-state index contributed by atoms with van der Waals surface area (Å²) in [7, 11) is 5.64. The molecule has 1 spiro atoms. The summed E-state index contributed by atoms with van der Waals surface area (Å²) < 4.78 is 20.0. The van der Waals surface area contributed by atoms with Gasteiger partial charge >= 0.3 is 5.97 Å². The van der Waals surface area contributed by atoms with Gasteiger partial charge in [0, 0.05) is 40.3 Å². The minimum absolute atomic E-state index is 0.0437. The van der Waals surface area contributed by atoms with Crippen molar-refractivity contribution in [1.29, 1.82) is 0 Å². The van der Waals surface area contributed by atoms with Crippen LogP contribution < -0.4 is 9.47 Å². The molecular weight excluding hydrogens is 556 g/mol. The van der Waals surface area contributed by atoms with Crippen LogP contribution in [0.2, 0.25) is 0 Å². The Kier molecular flexibility index (Phi) is 5.97. The average molecular weight is 588 g/mol. The third kappa shape index (κ3) is 3.46. The summed E-state index contributed by atoms with van der Waals surface area (Å²) in [6, 6.07) is 5.97. The van der Waals surface area contributed by atoms with Gasteiger partial charge in [0.1, 0.15) is 11.7 Å². The smallest absolute Gasteiger partial charge is 0.303 e. The van der Waals surface area contributed by atoms with Gasteiger partial charge in [-0.25, -0.2) is 0 Å². The van der Waals surface area contributed by atoms with Crippen LogP contribution in [0.25, 0.3) is 6.08 Å². The number of piperidine rings is 1. The Bertz CT molecular complexity index is 1310. The van der Waals surface area contributed by atoms with Gasteiger partial charge in [-0.15, -0.1) is 11.3 Å². The summed E-state index contributed by atoms with van der Waals surface area (Å²) in [6.45, 7) is 2.37. The number of amides is 1. The second-order valence-corrected chi connectivity index (χ2v) is 12.5. The van der Waals surface area contributed by atoms with Crippen molar-refractivity contribution in [3.05, 3.63) is 50.1 Å². The first-order valence-corrected chi connectivity index (χ1v) is 14.3. The largest absolute Gasteiger partial charge is 0.493 e. The molecule has 5 atom stereocenters. The lowest BCUT2D eigenvalue weighted by Crippen LogP contribution is -2.78. The molecule has 1 aromatic carbocycles. The highest BCUT2D eigenvalue weighted by atomic mass is 79.9. The van der Waals surface area contributed by atoms with Gasteiger partial charge in [0.15, 0.2) is 11.5 Å². The molecule has 0 N–H and O–H groups in total. The summed E-state index contributed by atoms with van der Waals surface area (Å²) in [5, 5.41) is 2.00. The van der Waals surface area contributed by atoms with Gasteiger partial charge in [0.05, 0.1) is 24.6 Å². The van der Waals surface area contributed by atoms with Gasteiger partial charge in [-0.1, -0.05) is 6.07 Å². The molecule has 3 heterocycles. The number of likely N-dealkylation sites (N-methyl/N-ethyl adjacent to an activating group) is 2. The molecule has 0 radical (unpaired) electrons. The van der Waals surface area contributed by atoms with E-state index in [0.29, 0.717) is 18.6 Å². The number of ether oxygens (including phenoxy) is 3. The predicted molar refractivity (Wildman–Crippen MR) is 145 cm³/mol. The van der Waals surface area contributed by atoms with Gasteiger partial charge in [0.2, 0.25) is 5.91 Å². The van der Waals surface area contributed by atoms with Crippen molar-refractivity contribution in [2.75, 3.05) is 27.7 Å². The first-order chi connectivity index (χ1) is 17.7. The van der Waals surface area contributed by atoms with Crippen molar-refractivity contribution < 1.29 is 23.8 Å². The maximum Gasteiger partial charge on any atom is 0.303 e. The Labute approximate surface area is 229 Å². The molecular formula is C28H31BrN2O5S. The first kappa shape index (κ1) is 24.9. The molecule has 1 saturated heterocycles. The van der Waals surface area contributed by atoms with E-state index in [9.17, 15) is 9.59 Å². The monoisotopic (exact) mass is 586 g/mol. The standard InChI is InChI=1S/C28H31BrN2O5S/c1-16(32)36-28-10-9-20(31(3)23(33)8-6-19-14-18(29)15-37-19)26-27(28)11-12-30(2)22(28)13-17-5-7-21(34-4)25(35-26)24(17)27/h5-8,14-15,20,22,26H,9-13H2,1-4H3/b8-6+/t20-,22+,26-,27-,28+/m0/s1. The van der Waals surface area contributed by atoms with Gasteiger partial charge in [-0.3, -0.25) is 14.5 Å². The maximum absolute atomic E-state index is 13.4. The molecule has 2 aliphatic heterocycles. The van der Waals surface area contributed by atoms with Crippen molar-refractivity contribution in [2.45, 2.75) is 61.8 Å². The molecule has 196 valence electrons. The molecule has 1 saturated carbocycles. The van der Waals surface area contributed by atoms with Gasteiger partial charge in [-0.2, -0.15) is 0 Å². The molecule has 6 rings (SSSR count). The SMILES string of the molecule is COc1ccc2c3c1O[C@H]1[C@@H](N(C)C(=O)/C=C/c4cc(Br)cs4)CC[C@@]4(OC(C)=O)[C@@H](C2)N(C)CC[C@]314. The van der Waals surface area contributed by atoms with Crippen molar-refractivity contribution in [1.82, 2.24) is 9.80 Å². The summed E-state index contributed by atoms with van der Waals surface area (Å²) in [5.74, 6) is 1.09. The summed E-state index contributed by atoms with van der Waals surface area (Å²) in [5.41, 5.74) is 1.07. The molecule has 4 aliphatic rings. The number of thiophene rings is 1. The Morgan fingerprint density at radius 3 is 2.84 bits per heavy atom. The van der Waals surface area contributed by atoms with Crippen LogP contribution >= 0.6 is 27.3 Å². The van der Waals surface area contributed by atoms with E-state index in [0.717, 1.165) is 40.0 Å². The van der Waals surface area contributed by atoms with Crippen LogP contribution in [0.15, 0.2) is 34.1 Å². The van der Waals surface area contributed by atoms with Crippen molar-refractivity contribution in [2.24, 2.45) is 0 Å². The summed E-state index contributed by atoms with van der Waals surface area (Å²) in [6.07, 6.45) is 6.06. The molecule has 2 fully saturated rings. The number of benzene rings is 1. The fourth-order valence-electron chi connectivity index (χ4n) is 7.56. The lowest BCUT2D eigenvalue weighted by Gasteiger charge is -2.65. The zero-order valence-electron chi connectivity index (χ0n) is 21.5. The Balaban J connectivity index is 1.45. The van der Waals surface area contributed by atoms with Gasteiger partial charge < -0.3 is 19.1 Å². The number of rotatable bonds is 5. The van der Waals surface area contributed by atoms with E-state index in [2.05, 4.69) is 33.9 Å². The fourth-order valence-corrected chi connectivity index (χ4v) is 8.89. The molecule has 7 nitrogen and oxygen atoms in total. The van der Waals surface area contributed by atoms with E-state index >= 15 is 0 Å². The maximum atomic E-state index is 13.4. The van der Waals surface area contributed by atoms with Crippen molar-refractivity contribution in [3.63, 3.8) is 0 Å². The van der Waals surface area contributed by atoms with Crippen molar-refractivity contribution >= 4 is 45.2 Å². The van der Waals surface area contributed by atoms with E-state index in [1.54, 1.807) is 24.5 Å². The van der Waals surface area contributed by atoms with E-state index < -0.39 is 11.0 Å². The third-order valence-electron chi connectivity index (χ3n) is 9.01. The van der Waals surface area contributed by atoms with Crippen LogP contribution in [0, 0.1) is 0 Å².